The van der Waals surface area contributed by atoms with E-state index in [0.29, 0.717) is 18.8 Å². The summed E-state index contributed by atoms with van der Waals surface area (Å²) in [5, 5.41) is 0. The van der Waals surface area contributed by atoms with Gasteiger partial charge in [-0.25, -0.2) is 0 Å². The van der Waals surface area contributed by atoms with Gasteiger partial charge in [0.15, 0.2) is 0 Å². The third-order valence-electron chi connectivity index (χ3n) is 3.98. The molecule has 3 heteroatoms. The highest BCUT2D eigenvalue weighted by molar-refractivity contribution is 5.90. The molecule has 1 amide bonds. The van der Waals surface area contributed by atoms with Crippen molar-refractivity contribution >= 4 is 11.7 Å². The van der Waals surface area contributed by atoms with Crippen LogP contribution in [0.15, 0.2) is 0 Å². The minimum atomic E-state index is -0.465. The van der Waals surface area contributed by atoms with E-state index in [9.17, 15) is 9.59 Å². The van der Waals surface area contributed by atoms with Crippen LogP contribution < -0.4 is 5.73 Å². The first-order valence-corrected chi connectivity index (χ1v) is 5.47. The summed E-state index contributed by atoms with van der Waals surface area (Å²) >= 11 is 0. The Balaban J connectivity index is 2.27. The molecule has 0 aromatic carbocycles. The van der Waals surface area contributed by atoms with E-state index in [1.165, 1.54) is 6.42 Å². The number of primary amides is 1. The fourth-order valence-corrected chi connectivity index (χ4v) is 3.15. The lowest BCUT2D eigenvalue weighted by atomic mass is 9.59. The average Bonchev–Trinajstić information content (AvgIpc) is 2.17. The van der Waals surface area contributed by atoms with Crippen LogP contribution in [0.3, 0.4) is 0 Å². The molecule has 0 aromatic rings. The Labute approximate surface area is 84.0 Å². The van der Waals surface area contributed by atoms with E-state index in [0.717, 1.165) is 25.7 Å². The zero-order valence-electron chi connectivity index (χ0n) is 8.42. The quantitative estimate of drug-likeness (QED) is 0.687. The molecule has 0 radical (unpaired) electrons. The van der Waals surface area contributed by atoms with Crippen LogP contribution in [0.1, 0.15) is 44.9 Å². The highest BCUT2D eigenvalue weighted by Crippen LogP contribution is 2.49. The molecule has 78 valence electrons. The predicted octanol–water partition coefficient (Wildman–Crippen LogP) is 1.40. The average molecular weight is 195 g/mol. The largest absolute Gasteiger partial charge is 0.369 e. The van der Waals surface area contributed by atoms with Crippen molar-refractivity contribution in [2.24, 2.45) is 17.1 Å². The van der Waals surface area contributed by atoms with E-state index in [-0.39, 0.29) is 11.7 Å². The number of nitrogens with two attached hydrogens (primary N) is 1. The highest BCUT2D eigenvalue weighted by Gasteiger charge is 2.48. The molecule has 14 heavy (non-hydrogen) atoms. The number of Topliss-reactive ketones (excluding diaryl/α,β-unsaturated/α-hetero) is 1. The molecule has 2 fully saturated rings. The molecule has 0 heterocycles. The van der Waals surface area contributed by atoms with Crippen molar-refractivity contribution < 1.29 is 9.59 Å². The van der Waals surface area contributed by atoms with Crippen LogP contribution in [-0.4, -0.2) is 11.7 Å². The lowest BCUT2D eigenvalue weighted by Crippen LogP contribution is -2.49. The van der Waals surface area contributed by atoms with E-state index >= 15 is 0 Å². The third kappa shape index (κ3) is 1.35. The van der Waals surface area contributed by atoms with Gasteiger partial charge in [0, 0.05) is 12.8 Å². The second kappa shape index (κ2) is 3.37. The molecule has 2 aliphatic rings. The minimum Gasteiger partial charge on any atom is -0.369 e. The Morgan fingerprint density at radius 2 is 2.14 bits per heavy atom. The van der Waals surface area contributed by atoms with E-state index in [1.807, 2.05) is 0 Å². The molecular weight excluding hydrogens is 178 g/mol. The summed E-state index contributed by atoms with van der Waals surface area (Å²) < 4.78 is 0. The third-order valence-corrected chi connectivity index (χ3v) is 3.98. The van der Waals surface area contributed by atoms with Gasteiger partial charge in [0.25, 0.3) is 0 Å². The van der Waals surface area contributed by atoms with Crippen molar-refractivity contribution in [3.05, 3.63) is 0 Å². The molecule has 2 aliphatic carbocycles. The van der Waals surface area contributed by atoms with Gasteiger partial charge in [-0.05, 0) is 25.2 Å². The van der Waals surface area contributed by atoms with Gasteiger partial charge in [0.1, 0.15) is 5.78 Å². The summed E-state index contributed by atoms with van der Waals surface area (Å²) in [6, 6.07) is 0. The van der Waals surface area contributed by atoms with Crippen molar-refractivity contribution in [3.8, 4) is 0 Å². The van der Waals surface area contributed by atoms with Gasteiger partial charge in [-0.1, -0.05) is 12.8 Å². The first-order chi connectivity index (χ1) is 6.65. The lowest BCUT2D eigenvalue weighted by molar-refractivity contribution is -0.143. The number of carbonyl (C=O) groups is 2. The number of amides is 1. The monoisotopic (exact) mass is 195 g/mol. The topological polar surface area (TPSA) is 60.2 Å². The van der Waals surface area contributed by atoms with E-state index in [1.54, 1.807) is 0 Å². The van der Waals surface area contributed by atoms with Crippen LogP contribution in [0.25, 0.3) is 0 Å². The fourth-order valence-electron chi connectivity index (χ4n) is 3.15. The molecule has 2 saturated carbocycles. The number of rotatable bonds is 1. The van der Waals surface area contributed by atoms with Crippen molar-refractivity contribution in [1.29, 1.82) is 0 Å². The molecule has 0 bridgehead atoms. The Bertz CT molecular complexity index is 274. The lowest BCUT2D eigenvalue weighted by Gasteiger charge is -2.44. The summed E-state index contributed by atoms with van der Waals surface area (Å²) in [5.74, 6) is 0.364. The van der Waals surface area contributed by atoms with E-state index in [2.05, 4.69) is 0 Å². The van der Waals surface area contributed by atoms with Crippen LogP contribution >= 0.6 is 0 Å². The smallest absolute Gasteiger partial charge is 0.224 e. The van der Waals surface area contributed by atoms with Gasteiger partial charge in [0.2, 0.25) is 5.91 Å². The SMILES string of the molecule is NC(=O)[C@]12CCCC[C@@H]1CCC(=O)C2. The van der Waals surface area contributed by atoms with Crippen LogP contribution in [0, 0.1) is 11.3 Å². The maximum absolute atomic E-state index is 11.5. The van der Waals surface area contributed by atoms with Crippen molar-refractivity contribution in [1.82, 2.24) is 0 Å². The normalized spacial score (nSPS) is 37.7. The van der Waals surface area contributed by atoms with E-state index in [4.69, 9.17) is 5.73 Å². The zero-order chi connectivity index (χ0) is 10.2. The Morgan fingerprint density at radius 1 is 1.36 bits per heavy atom. The molecule has 0 aromatic heterocycles. The number of fused-ring (bicyclic) bond motifs is 1. The number of carbonyl (C=O) groups excluding carboxylic acids is 2. The summed E-state index contributed by atoms with van der Waals surface area (Å²) in [5.41, 5.74) is 5.02. The minimum absolute atomic E-state index is 0.224. The van der Waals surface area contributed by atoms with Crippen molar-refractivity contribution in [2.75, 3.05) is 0 Å². The number of hydrogen-bond donors (Lipinski definition) is 1. The van der Waals surface area contributed by atoms with Gasteiger partial charge < -0.3 is 5.73 Å². The van der Waals surface area contributed by atoms with E-state index < -0.39 is 5.41 Å². The van der Waals surface area contributed by atoms with Crippen LogP contribution in [0.4, 0.5) is 0 Å². The van der Waals surface area contributed by atoms with Gasteiger partial charge >= 0.3 is 0 Å². The van der Waals surface area contributed by atoms with Gasteiger partial charge in [-0.2, -0.15) is 0 Å². The number of ketones is 1. The molecule has 2 atom stereocenters. The molecular formula is C11H17NO2. The van der Waals surface area contributed by atoms with Gasteiger partial charge in [-0.15, -0.1) is 0 Å². The summed E-state index contributed by atoms with van der Waals surface area (Å²) in [4.78, 5) is 22.9. The standard InChI is InChI=1S/C11H17NO2/c12-10(14)11-6-2-1-3-8(11)4-5-9(13)7-11/h8H,1-7H2,(H2,12,14)/t8-,11+/m1/s1. The van der Waals surface area contributed by atoms with Crippen molar-refractivity contribution in [2.45, 2.75) is 44.9 Å². The van der Waals surface area contributed by atoms with Crippen LogP contribution in [-0.2, 0) is 9.59 Å². The molecule has 0 spiro atoms. The second-order valence-corrected chi connectivity index (χ2v) is 4.72. The Hall–Kier alpha value is -0.860. The predicted molar refractivity (Wildman–Crippen MR) is 52.4 cm³/mol. The molecule has 0 unspecified atom stereocenters. The second-order valence-electron chi connectivity index (χ2n) is 4.72. The van der Waals surface area contributed by atoms with Crippen LogP contribution in [0.5, 0.6) is 0 Å². The van der Waals surface area contributed by atoms with Crippen LogP contribution in [0.2, 0.25) is 0 Å². The van der Waals surface area contributed by atoms with Gasteiger partial charge in [-0.3, -0.25) is 9.59 Å². The summed E-state index contributed by atoms with van der Waals surface area (Å²) in [6.45, 7) is 0. The molecule has 2 N–H and O–H groups in total. The summed E-state index contributed by atoms with van der Waals surface area (Å²) in [6.07, 6.45) is 6.09. The molecule has 0 aliphatic heterocycles. The Kier molecular flexibility index (Phi) is 2.33. The maximum atomic E-state index is 11.5. The number of hydrogen-bond acceptors (Lipinski definition) is 2. The first-order valence-electron chi connectivity index (χ1n) is 5.47. The zero-order valence-corrected chi connectivity index (χ0v) is 8.42. The highest BCUT2D eigenvalue weighted by atomic mass is 16.1. The molecule has 2 rings (SSSR count). The van der Waals surface area contributed by atoms with Gasteiger partial charge in [0.05, 0.1) is 5.41 Å². The molecule has 3 nitrogen and oxygen atoms in total. The van der Waals surface area contributed by atoms with Crippen molar-refractivity contribution in [3.63, 3.8) is 0 Å². The maximum Gasteiger partial charge on any atom is 0.224 e. The Morgan fingerprint density at radius 3 is 2.86 bits per heavy atom. The summed E-state index contributed by atoms with van der Waals surface area (Å²) in [7, 11) is 0. The molecule has 0 saturated heterocycles. The first kappa shape index (κ1) is 9.69. The fraction of sp³-hybridized carbons (Fsp3) is 0.818.